The summed E-state index contributed by atoms with van der Waals surface area (Å²) in [5.41, 5.74) is 0.688. The zero-order valence-corrected chi connectivity index (χ0v) is 9.04. The van der Waals surface area contributed by atoms with Crippen LogP contribution >= 0.6 is 0 Å². The monoisotopic (exact) mass is 211 g/mol. The van der Waals surface area contributed by atoms with E-state index < -0.39 is 0 Å². The van der Waals surface area contributed by atoms with Gasteiger partial charge in [0, 0.05) is 24.8 Å². The van der Waals surface area contributed by atoms with Gasteiger partial charge in [-0.15, -0.1) is 0 Å². The van der Waals surface area contributed by atoms with Crippen LogP contribution in [0.5, 0.6) is 0 Å². The summed E-state index contributed by atoms with van der Waals surface area (Å²) in [6.45, 7) is 2.79. The van der Waals surface area contributed by atoms with Crippen molar-refractivity contribution in [2.24, 2.45) is 0 Å². The standard InChI is InChI=1S/C12H18FNO/c1-10(5-4-8-15)14-9-11-6-2-3-7-12(11)13/h2-3,6-7,10,14-15H,4-5,8-9H2,1H3. The van der Waals surface area contributed by atoms with Gasteiger partial charge in [0.1, 0.15) is 5.82 Å². The van der Waals surface area contributed by atoms with Crippen molar-refractivity contribution >= 4 is 0 Å². The number of aliphatic hydroxyl groups is 1. The van der Waals surface area contributed by atoms with Crippen LogP contribution < -0.4 is 5.32 Å². The van der Waals surface area contributed by atoms with Gasteiger partial charge in [-0.2, -0.15) is 0 Å². The van der Waals surface area contributed by atoms with Crippen molar-refractivity contribution in [1.82, 2.24) is 5.32 Å². The van der Waals surface area contributed by atoms with E-state index in [1.54, 1.807) is 12.1 Å². The van der Waals surface area contributed by atoms with Crippen molar-refractivity contribution in [3.8, 4) is 0 Å². The van der Waals surface area contributed by atoms with Crippen molar-refractivity contribution in [2.45, 2.75) is 32.4 Å². The first-order chi connectivity index (χ1) is 7.24. The summed E-state index contributed by atoms with van der Waals surface area (Å²) in [6.07, 6.45) is 1.69. The Bertz CT molecular complexity index is 291. The zero-order chi connectivity index (χ0) is 11.1. The SMILES string of the molecule is CC(CCCO)NCc1ccccc1F. The molecule has 0 spiro atoms. The minimum atomic E-state index is -0.167. The largest absolute Gasteiger partial charge is 0.396 e. The molecule has 0 fully saturated rings. The molecule has 15 heavy (non-hydrogen) atoms. The van der Waals surface area contributed by atoms with Crippen LogP contribution in [0.4, 0.5) is 4.39 Å². The van der Waals surface area contributed by atoms with Crippen LogP contribution in [0.15, 0.2) is 24.3 Å². The van der Waals surface area contributed by atoms with Gasteiger partial charge in [-0.3, -0.25) is 0 Å². The maximum absolute atomic E-state index is 13.2. The average molecular weight is 211 g/mol. The molecule has 3 heteroatoms. The first-order valence-electron chi connectivity index (χ1n) is 5.31. The van der Waals surface area contributed by atoms with Crippen LogP contribution in [0.25, 0.3) is 0 Å². The third-order valence-corrected chi connectivity index (χ3v) is 2.39. The van der Waals surface area contributed by atoms with Gasteiger partial charge in [0.15, 0.2) is 0 Å². The van der Waals surface area contributed by atoms with Crippen molar-refractivity contribution in [3.63, 3.8) is 0 Å². The second kappa shape index (κ2) is 6.53. The van der Waals surface area contributed by atoms with Crippen LogP contribution in [0.3, 0.4) is 0 Å². The summed E-state index contributed by atoms with van der Waals surface area (Å²) in [6, 6.07) is 7.07. The van der Waals surface area contributed by atoms with Gasteiger partial charge in [-0.05, 0) is 25.8 Å². The fourth-order valence-corrected chi connectivity index (χ4v) is 1.43. The van der Waals surface area contributed by atoms with Crippen molar-refractivity contribution in [1.29, 1.82) is 0 Å². The molecule has 0 bridgehead atoms. The highest BCUT2D eigenvalue weighted by Crippen LogP contribution is 2.06. The summed E-state index contributed by atoms with van der Waals surface area (Å²) < 4.78 is 13.2. The maximum atomic E-state index is 13.2. The minimum absolute atomic E-state index is 0.167. The van der Waals surface area contributed by atoms with E-state index >= 15 is 0 Å². The molecule has 1 rings (SSSR count). The van der Waals surface area contributed by atoms with Crippen molar-refractivity contribution in [3.05, 3.63) is 35.6 Å². The lowest BCUT2D eigenvalue weighted by atomic mass is 10.1. The van der Waals surface area contributed by atoms with Crippen molar-refractivity contribution in [2.75, 3.05) is 6.61 Å². The molecular weight excluding hydrogens is 193 g/mol. The van der Waals surface area contributed by atoms with E-state index in [0.29, 0.717) is 18.2 Å². The Morgan fingerprint density at radius 1 is 1.40 bits per heavy atom. The third kappa shape index (κ3) is 4.40. The first-order valence-corrected chi connectivity index (χ1v) is 5.31. The molecule has 0 radical (unpaired) electrons. The van der Waals surface area contributed by atoms with E-state index in [4.69, 9.17) is 5.11 Å². The van der Waals surface area contributed by atoms with Crippen molar-refractivity contribution < 1.29 is 9.50 Å². The smallest absolute Gasteiger partial charge is 0.127 e. The maximum Gasteiger partial charge on any atom is 0.127 e. The molecule has 0 aromatic heterocycles. The fraction of sp³-hybridized carbons (Fsp3) is 0.500. The average Bonchev–Trinajstić information content (AvgIpc) is 2.25. The number of benzene rings is 1. The number of hydrogen-bond acceptors (Lipinski definition) is 2. The lowest BCUT2D eigenvalue weighted by Gasteiger charge is -2.13. The Kier molecular flexibility index (Phi) is 5.29. The molecule has 1 aromatic rings. The van der Waals surface area contributed by atoms with Gasteiger partial charge in [0.25, 0.3) is 0 Å². The number of rotatable bonds is 6. The number of aliphatic hydroxyl groups excluding tert-OH is 1. The Hall–Kier alpha value is -0.930. The van der Waals surface area contributed by atoms with E-state index in [9.17, 15) is 4.39 Å². The molecule has 84 valence electrons. The Morgan fingerprint density at radius 2 is 2.13 bits per heavy atom. The molecule has 0 aliphatic heterocycles. The molecule has 2 N–H and O–H groups in total. The molecule has 2 nitrogen and oxygen atoms in total. The van der Waals surface area contributed by atoms with E-state index in [-0.39, 0.29) is 12.4 Å². The fourth-order valence-electron chi connectivity index (χ4n) is 1.43. The van der Waals surface area contributed by atoms with Crippen LogP contribution in [0.1, 0.15) is 25.3 Å². The predicted octanol–water partition coefficient (Wildman–Crippen LogP) is 2.08. The Labute approximate surface area is 90.1 Å². The highest BCUT2D eigenvalue weighted by molar-refractivity contribution is 5.16. The van der Waals surface area contributed by atoms with Crippen LogP contribution in [-0.2, 0) is 6.54 Å². The summed E-state index contributed by atoms with van der Waals surface area (Å²) in [7, 11) is 0. The molecule has 0 saturated carbocycles. The topological polar surface area (TPSA) is 32.3 Å². The van der Waals surface area contributed by atoms with E-state index in [0.717, 1.165) is 12.8 Å². The van der Waals surface area contributed by atoms with Gasteiger partial charge >= 0.3 is 0 Å². The molecule has 0 heterocycles. The summed E-state index contributed by atoms with van der Waals surface area (Å²) in [4.78, 5) is 0. The summed E-state index contributed by atoms with van der Waals surface area (Å²) in [5, 5.41) is 11.9. The molecule has 0 amide bonds. The molecule has 0 aliphatic rings. The van der Waals surface area contributed by atoms with Crippen LogP contribution in [-0.4, -0.2) is 17.8 Å². The molecule has 0 aliphatic carbocycles. The van der Waals surface area contributed by atoms with Gasteiger partial charge in [0.2, 0.25) is 0 Å². The molecule has 1 aromatic carbocycles. The minimum Gasteiger partial charge on any atom is -0.396 e. The predicted molar refractivity (Wildman–Crippen MR) is 59.0 cm³/mol. The lowest BCUT2D eigenvalue weighted by Crippen LogP contribution is -2.26. The van der Waals surface area contributed by atoms with E-state index in [2.05, 4.69) is 5.32 Å². The molecule has 1 atom stereocenters. The van der Waals surface area contributed by atoms with E-state index in [1.807, 2.05) is 13.0 Å². The molecular formula is C12H18FNO. The van der Waals surface area contributed by atoms with E-state index in [1.165, 1.54) is 6.07 Å². The third-order valence-electron chi connectivity index (χ3n) is 2.39. The highest BCUT2D eigenvalue weighted by atomic mass is 19.1. The van der Waals surface area contributed by atoms with Crippen LogP contribution in [0.2, 0.25) is 0 Å². The Morgan fingerprint density at radius 3 is 2.80 bits per heavy atom. The summed E-state index contributed by atoms with van der Waals surface area (Å²) >= 11 is 0. The number of hydrogen-bond donors (Lipinski definition) is 2. The quantitative estimate of drug-likeness (QED) is 0.755. The molecule has 0 saturated heterocycles. The first kappa shape index (κ1) is 12.1. The highest BCUT2D eigenvalue weighted by Gasteiger charge is 2.03. The van der Waals surface area contributed by atoms with Gasteiger partial charge in [-0.1, -0.05) is 18.2 Å². The number of nitrogens with one attached hydrogen (secondary N) is 1. The van der Waals surface area contributed by atoms with Gasteiger partial charge < -0.3 is 10.4 Å². The number of halogens is 1. The normalized spacial score (nSPS) is 12.7. The Balaban J connectivity index is 2.33. The summed E-state index contributed by atoms with van der Waals surface area (Å²) in [5.74, 6) is -0.167. The lowest BCUT2D eigenvalue weighted by molar-refractivity contribution is 0.276. The second-order valence-corrected chi connectivity index (χ2v) is 3.74. The molecule has 1 unspecified atom stereocenters. The zero-order valence-electron chi connectivity index (χ0n) is 9.04. The van der Waals surface area contributed by atoms with Gasteiger partial charge in [-0.25, -0.2) is 4.39 Å². The van der Waals surface area contributed by atoms with Gasteiger partial charge in [0.05, 0.1) is 0 Å². The second-order valence-electron chi connectivity index (χ2n) is 3.74. The van der Waals surface area contributed by atoms with Crippen LogP contribution in [0, 0.1) is 5.82 Å².